The fourth-order valence-corrected chi connectivity index (χ4v) is 1.76. The van der Waals surface area contributed by atoms with E-state index < -0.39 is 0 Å². The van der Waals surface area contributed by atoms with Crippen molar-refractivity contribution in [2.24, 2.45) is 0 Å². The van der Waals surface area contributed by atoms with Gasteiger partial charge in [0.25, 0.3) is 0 Å². The van der Waals surface area contributed by atoms with Crippen molar-refractivity contribution in [1.82, 2.24) is 4.98 Å². The maximum atomic E-state index is 10.5. The zero-order chi connectivity index (χ0) is 12.1. The summed E-state index contributed by atoms with van der Waals surface area (Å²) in [5, 5.41) is 0. The van der Waals surface area contributed by atoms with Crippen molar-refractivity contribution in [1.29, 1.82) is 0 Å². The molecule has 1 aromatic carbocycles. The Balaban J connectivity index is 1.99. The predicted octanol–water partition coefficient (Wildman–Crippen LogP) is 3.24. The van der Waals surface area contributed by atoms with Gasteiger partial charge in [0, 0.05) is 28.0 Å². The summed E-state index contributed by atoms with van der Waals surface area (Å²) in [5.74, 6) is 0.732. The Morgan fingerprint density at radius 1 is 1.24 bits per heavy atom. The van der Waals surface area contributed by atoms with E-state index in [1.54, 1.807) is 36.7 Å². The number of benzene rings is 1. The number of carbonyl (C=O) groups is 1. The summed E-state index contributed by atoms with van der Waals surface area (Å²) in [6.07, 6.45) is 4.29. The van der Waals surface area contributed by atoms with Gasteiger partial charge in [-0.3, -0.25) is 9.78 Å². The molecule has 0 unspecified atom stereocenters. The van der Waals surface area contributed by atoms with E-state index >= 15 is 0 Å². The second-order valence-electron chi connectivity index (χ2n) is 3.49. The molecular weight excluding hydrogens is 282 g/mol. The van der Waals surface area contributed by atoms with Gasteiger partial charge in [-0.1, -0.05) is 0 Å². The highest BCUT2D eigenvalue weighted by Crippen LogP contribution is 2.15. The lowest BCUT2D eigenvalue weighted by atomic mass is 10.2. The fraction of sp³-hybridized carbons (Fsp3) is 0.0769. The Morgan fingerprint density at radius 3 is 2.65 bits per heavy atom. The molecule has 0 N–H and O–H groups in total. The molecule has 17 heavy (non-hydrogen) atoms. The molecule has 3 nitrogen and oxygen atoms in total. The molecule has 0 bridgehead atoms. The molecule has 4 heteroatoms. The summed E-state index contributed by atoms with van der Waals surface area (Å²) >= 11 is 3.35. The Hall–Kier alpha value is -1.68. The molecule has 0 atom stereocenters. The van der Waals surface area contributed by atoms with Crippen LogP contribution in [0.15, 0.2) is 47.2 Å². The summed E-state index contributed by atoms with van der Waals surface area (Å²) in [4.78, 5) is 14.5. The van der Waals surface area contributed by atoms with Gasteiger partial charge < -0.3 is 4.74 Å². The van der Waals surface area contributed by atoms with E-state index in [-0.39, 0.29) is 0 Å². The molecule has 0 fully saturated rings. The highest BCUT2D eigenvalue weighted by atomic mass is 79.9. The largest absolute Gasteiger partial charge is 0.489 e. The first-order chi connectivity index (χ1) is 8.28. The second kappa shape index (κ2) is 5.59. The molecule has 0 saturated carbocycles. The molecule has 0 radical (unpaired) electrons. The smallest absolute Gasteiger partial charge is 0.150 e. The van der Waals surface area contributed by atoms with E-state index in [1.807, 2.05) is 6.07 Å². The van der Waals surface area contributed by atoms with E-state index in [0.29, 0.717) is 12.2 Å². The lowest BCUT2D eigenvalue weighted by Crippen LogP contribution is -1.96. The molecule has 1 aromatic heterocycles. The number of carbonyl (C=O) groups excluding carboxylic acids is 1. The molecule has 0 saturated heterocycles. The normalized spacial score (nSPS) is 9.94. The van der Waals surface area contributed by atoms with E-state index in [2.05, 4.69) is 20.9 Å². The Labute approximate surface area is 108 Å². The Bertz CT molecular complexity index is 511. The minimum absolute atomic E-state index is 0.451. The number of rotatable bonds is 4. The lowest BCUT2D eigenvalue weighted by Gasteiger charge is -2.06. The molecule has 86 valence electrons. The van der Waals surface area contributed by atoms with Crippen LogP contribution in [-0.2, 0) is 6.61 Å². The number of halogens is 1. The number of hydrogen-bond acceptors (Lipinski definition) is 3. The number of ether oxygens (including phenoxy) is 1. The van der Waals surface area contributed by atoms with Crippen LogP contribution in [-0.4, -0.2) is 11.3 Å². The highest BCUT2D eigenvalue weighted by Gasteiger charge is 1.98. The SMILES string of the molecule is O=Cc1ccc(OCc2cncc(Br)c2)cc1. The molecule has 1 heterocycles. The monoisotopic (exact) mass is 291 g/mol. The van der Waals surface area contributed by atoms with Crippen molar-refractivity contribution >= 4 is 22.2 Å². The van der Waals surface area contributed by atoms with Crippen LogP contribution in [0.25, 0.3) is 0 Å². The zero-order valence-electron chi connectivity index (χ0n) is 8.97. The zero-order valence-corrected chi connectivity index (χ0v) is 10.6. The summed E-state index contributed by atoms with van der Waals surface area (Å²) in [6.45, 7) is 0.451. The van der Waals surface area contributed by atoms with Crippen LogP contribution >= 0.6 is 15.9 Å². The third-order valence-corrected chi connectivity index (χ3v) is 2.62. The average Bonchev–Trinajstić information content (AvgIpc) is 2.37. The van der Waals surface area contributed by atoms with Crippen molar-refractivity contribution in [3.05, 3.63) is 58.3 Å². The third-order valence-electron chi connectivity index (χ3n) is 2.18. The molecule has 2 aromatic rings. The fourth-order valence-electron chi connectivity index (χ4n) is 1.34. The van der Waals surface area contributed by atoms with Crippen molar-refractivity contribution in [3.8, 4) is 5.75 Å². The Morgan fingerprint density at radius 2 is 2.00 bits per heavy atom. The number of pyridine rings is 1. The van der Waals surface area contributed by atoms with Gasteiger partial charge in [0.15, 0.2) is 0 Å². The van der Waals surface area contributed by atoms with Crippen LogP contribution < -0.4 is 4.74 Å². The first kappa shape index (κ1) is 11.8. The van der Waals surface area contributed by atoms with Crippen LogP contribution in [0.5, 0.6) is 5.75 Å². The summed E-state index contributed by atoms with van der Waals surface area (Å²) < 4.78 is 6.50. The maximum Gasteiger partial charge on any atom is 0.150 e. The molecule has 0 aliphatic heterocycles. The number of aromatic nitrogens is 1. The van der Waals surface area contributed by atoms with Crippen molar-refractivity contribution in [3.63, 3.8) is 0 Å². The molecule has 0 spiro atoms. The van der Waals surface area contributed by atoms with Crippen LogP contribution in [0.4, 0.5) is 0 Å². The maximum absolute atomic E-state index is 10.5. The predicted molar refractivity (Wildman–Crippen MR) is 68.1 cm³/mol. The van der Waals surface area contributed by atoms with Gasteiger partial charge in [0.1, 0.15) is 18.6 Å². The van der Waals surface area contributed by atoms with Gasteiger partial charge in [-0.2, -0.15) is 0 Å². The van der Waals surface area contributed by atoms with Gasteiger partial charge >= 0.3 is 0 Å². The van der Waals surface area contributed by atoms with Crippen molar-refractivity contribution < 1.29 is 9.53 Å². The van der Waals surface area contributed by atoms with Crippen LogP contribution in [0.3, 0.4) is 0 Å². The van der Waals surface area contributed by atoms with Gasteiger partial charge in [0.2, 0.25) is 0 Å². The van der Waals surface area contributed by atoms with E-state index in [4.69, 9.17) is 4.74 Å². The molecular formula is C13H10BrNO2. The summed E-state index contributed by atoms with van der Waals surface area (Å²) in [7, 11) is 0. The first-order valence-electron chi connectivity index (χ1n) is 5.05. The number of aldehydes is 1. The number of nitrogens with zero attached hydrogens (tertiary/aromatic N) is 1. The summed E-state index contributed by atoms with van der Waals surface area (Å²) in [5.41, 5.74) is 1.63. The quantitative estimate of drug-likeness (QED) is 0.812. The minimum atomic E-state index is 0.451. The Kier molecular flexibility index (Phi) is 3.88. The third kappa shape index (κ3) is 3.39. The van der Waals surface area contributed by atoms with Crippen LogP contribution in [0, 0.1) is 0 Å². The lowest BCUT2D eigenvalue weighted by molar-refractivity contribution is 0.112. The van der Waals surface area contributed by atoms with Crippen LogP contribution in [0.1, 0.15) is 15.9 Å². The number of hydrogen-bond donors (Lipinski definition) is 0. The van der Waals surface area contributed by atoms with Crippen molar-refractivity contribution in [2.45, 2.75) is 6.61 Å². The van der Waals surface area contributed by atoms with Gasteiger partial charge in [-0.05, 0) is 46.3 Å². The molecule has 2 rings (SSSR count). The topological polar surface area (TPSA) is 39.2 Å². The van der Waals surface area contributed by atoms with E-state index in [0.717, 1.165) is 22.1 Å². The average molecular weight is 292 g/mol. The molecule has 0 amide bonds. The van der Waals surface area contributed by atoms with E-state index in [1.165, 1.54) is 0 Å². The second-order valence-corrected chi connectivity index (χ2v) is 4.40. The van der Waals surface area contributed by atoms with Crippen LogP contribution in [0.2, 0.25) is 0 Å². The van der Waals surface area contributed by atoms with Gasteiger partial charge in [0.05, 0.1) is 0 Å². The van der Waals surface area contributed by atoms with Gasteiger partial charge in [-0.25, -0.2) is 0 Å². The minimum Gasteiger partial charge on any atom is -0.489 e. The standard InChI is InChI=1S/C13H10BrNO2/c14-12-5-11(6-15-7-12)9-17-13-3-1-10(8-16)2-4-13/h1-8H,9H2. The molecule has 0 aliphatic carbocycles. The van der Waals surface area contributed by atoms with Gasteiger partial charge in [-0.15, -0.1) is 0 Å². The first-order valence-corrected chi connectivity index (χ1v) is 5.85. The van der Waals surface area contributed by atoms with Crippen molar-refractivity contribution in [2.75, 3.05) is 0 Å². The molecule has 0 aliphatic rings. The van der Waals surface area contributed by atoms with E-state index in [9.17, 15) is 4.79 Å². The highest BCUT2D eigenvalue weighted by molar-refractivity contribution is 9.10. The summed E-state index contributed by atoms with van der Waals surface area (Å²) in [6, 6.07) is 8.94.